The molecular formula is C23H36N2O2. The first-order valence-corrected chi connectivity index (χ1v) is 11.3. The Morgan fingerprint density at radius 2 is 1.96 bits per heavy atom. The minimum Gasteiger partial charge on any atom is -0.311 e. The van der Waals surface area contributed by atoms with Crippen LogP contribution in [0.4, 0.5) is 0 Å². The molecule has 5 aliphatic rings. The third-order valence-corrected chi connectivity index (χ3v) is 9.43. The minimum atomic E-state index is -0.00798. The van der Waals surface area contributed by atoms with Gasteiger partial charge in [0.05, 0.1) is 0 Å². The SMILES string of the molecule is C[C@H]1C[C@@H]2[C@H](CC[C@]3(C)C(=O)CC[C@@H]23)[C@@]2(C)CCC(NOC3CNC3)=CC12. The number of hydrogen-bond donors (Lipinski definition) is 2. The second-order valence-electron chi connectivity index (χ2n) is 10.7. The van der Waals surface area contributed by atoms with Crippen LogP contribution < -0.4 is 10.8 Å². The van der Waals surface area contributed by atoms with Crippen molar-refractivity contribution in [1.29, 1.82) is 0 Å². The molecule has 0 aromatic rings. The van der Waals surface area contributed by atoms with E-state index in [1.165, 1.54) is 25.0 Å². The summed E-state index contributed by atoms with van der Waals surface area (Å²) in [6.07, 6.45) is 10.9. The zero-order chi connectivity index (χ0) is 18.8. The highest BCUT2D eigenvalue weighted by Crippen LogP contribution is 2.66. The molecule has 1 aliphatic heterocycles. The average Bonchev–Trinajstić information content (AvgIpc) is 2.90. The molecule has 0 spiro atoms. The monoisotopic (exact) mass is 372 g/mol. The Hall–Kier alpha value is -0.870. The molecule has 0 bridgehead atoms. The van der Waals surface area contributed by atoms with E-state index in [4.69, 9.17) is 4.84 Å². The lowest BCUT2D eigenvalue weighted by molar-refractivity contribution is -0.139. The van der Waals surface area contributed by atoms with E-state index < -0.39 is 0 Å². The molecule has 0 aromatic carbocycles. The summed E-state index contributed by atoms with van der Waals surface area (Å²) >= 11 is 0. The van der Waals surface area contributed by atoms with Crippen LogP contribution in [0, 0.1) is 40.4 Å². The van der Waals surface area contributed by atoms with Crippen molar-refractivity contribution in [2.75, 3.05) is 13.1 Å². The first kappa shape index (κ1) is 18.2. The highest BCUT2D eigenvalue weighted by atomic mass is 16.7. The summed E-state index contributed by atoms with van der Waals surface area (Å²) in [4.78, 5) is 18.4. The molecule has 1 saturated heterocycles. The largest absolute Gasteiger partial charge is 0.311 e. The topological polar surface area (TPSA) is 50.4 Å². The van der Waals surface area contributed by atoms with Crippen LogP contribution in [-0.2, 0) is 9.63 Å². The molecule has 7 atom stereocenters. The van der Waals surface area contributed by atoms with E-state index in [-0.39, 0.29) is 5.41 Å². The lowest BCUT2D eigenvalue weighted by atomic mass is 9.44. The Labute approximate surface area is 163 Å². The Kier molecular flexibility index (Phi) is 4.25. The van der Waals surface area contributed by atoms with Gasteiger partial charge in [-0.05, 0) is 73.5 Å². The van der Waals surface area contributed by atoms with Gasteiger partial charge >= 0.3 is 0 Å². The molecule has 1 heterocycles. The number of allylic oxidation sites excluding steroid dienone is 2. The third-order valence-electron chi connectivity index (χ3n) is 9.43. The van der Waals surface area contributed by atoms with Crippen molar-refractivity contribution in [3.63, 3.8) is 0 Å². The van der Waals surface area contributed by atoms with E-state index >= 15 is 0 Å². The quantitative estimate of drug-likeness (QED) is 0.739. The molecule has 4 fully saturated rings. The number of nitrogens with one attached hydrogen (secondary N) is 2. The van der Waals surface area contributed by atoms with E-state index in [1.54, 1.807) is 0 Å². The van der Waals surface area contributed by atoms with Crippen molar-refractivity contribution >= 4 is 5.78 Å². The van der Waals surface area contributed by atoms with Crippen LogP contribution in [0.1, 0.15) is 65.7 Å². The van der Waals surface area contributed by atoms with Gasteiger partial charge in [0.15, 0.2) is 0 Å². The molecule has 1 unspecified atom stereocenters. The van der Waals surface area contributed by atoms with Crippen molar-refractivity contribution in [2.24, 2.45) is 40.4 Å². The molecule has 150 valence electrons. The molecule has 4 nitrogen and oxygen atoms in total. The molecule has 5 rings (SSSR count). The number of carbonyl (C=O) groups excluding carboxylic acids is 1. The number of hydrogen-bond acceptors (Lipinski definition) is 4. The number of carbonyl (C=O) groups is 1. The van der Waals surface area contributed by atoms with E-state index in [0.717, 1.165) is 50.6 Å². The van der Waals surface area contributed by atoms with Gasteiger partial charge in [-0.15, -0.1) is 0 Å². The predicted octanol–water partition coefficient (Wildman–Crippen LogP) is 3.83. The molecule has 3 saturated carbocycles. The average molecular weight is 373 g/mol. The van der Waals surface area contributed by atoms with Gasteiger partial charge in [0, 0.05) is 30.6 Å². The van der Waals surface area contributed by atoms with Gasteiger partial charge in [-0.3, -0.25) is 15.1 Å². The van der Waals surface area contributed by atoms with Gasteiger partial charge in [-0.25, -0.2) is 0 Å². The van der Waals surface area contributed by atoms with Gasteiger partial charge in [0.25, 0.3) is 0 Å². The van der Waals surface area contributed by atoms with Crippen LogP contribution in [0.5, 0.6) is 0 Å². The van der Waals surface area contributed by atoms with Crippen molar-refractivity contribution in [3.8, 4) is 0 Å². The van der Waals surface area contributed by atoms with Crippen molar-refractivity contribution in [2.45, 2.75) is 71.8 Å². The second-order valence-corrected chi connectivity index (χ2v) is 10.7. The fourth-order valence-electron chi connectivity index (χ4n) is 7.68. The molecule has 2 N–H and O–H groups in total. The maximum Gasteiger partial charge on any atom is 0.139 e. The summed E-state index contributed by atoms with van der Waals surface area (Å²) in [5.41, 5.74) is 4.97. The van der Waals surface area contributed by atoms with Gasteiger partial charge < -0.3 is 5.32 Å². The third kappa shape index (κ3) is 2.66. The number of fused-ring (bicyclic) bond motifs is 5. The van der Waals surface area contributed by atoms with Gasteiger partial charge in [0.2, 0.25) is 0 Å². The number of rotatable bonds is 3. The summed E-state index contributed by atoms with van der Waals surface area (Å²) in [5.74, 6) is 4.07. The molecule has 0 aromatic heterocycles. The van der Waals surface area contributed by atoms with E-state index in [1.807, 2.05) is 0 Å². The van der Waals surface area contributed by atoms with Crippen LogP contribution in [-0.4, -0.2) is 25.0 Å². The van der Waals surface area contributed by atoms with Crippen LogP contribution in [0.2, 0.25) is 0 Å². The second kappa shape index (κ2) is 6.32. The van der Waals surface area contributed by atoms with E-state index in [2.05, 4.69) is 37.6 Å². The maximum absolute atomic E-state index is 12.6. The lowest BCUT2D eigenvalue weighted by Crippen LogP contribution is -2.55. The zero-order valence-corrected chi connectivity index (χ0v) is 17.2. The lowest BCUT2D eigenvalue weighted by Gasteiger charge is -2.60. The normalized spacial score (nSPS) is 49.5. The maximum atomic E-state index is 12.6. The number of Topliss-reactive ketones (excluding diaryl/α,β-unsaturated/α-hetero) is 1. The Bertz CT molecular complexity index is 657. The fraction of sp³-hybridized carbons (Fsp3) is 0.870. The first-order valence-electron chi connectivity index (χ1n) is 11.3. The van der Waals surface area contributed by atoms with Crippen LogP contribution in [0.15, 0.2) is 11.8 Å². The van der Waals surface area contributed by atoms with Gasteiger partial charge in [-0.1, -0.05) is 26.8 Å². The number of ketones is 1. The Balaban J connectivity index is 1.37. The standard InChI is InChI=1S/C23H36N2O2/c1-14-10-17-18-4-5-21(26)23(18,3)9-7-19(17)22(2)8-6-15(11-20(14)22)25-27-16-12-24-13-16/h11,14,16-20,24-25H,4-10,12-13H2,1-3H3/t14-,17-,18-,19-,20?,22+,23-/m0/s1. The summed E-state index contributed by atoms with van der Waals surface area (Å²) in [5, 5.41) is 3.25. The van der Waals surface area contributed by atoms with E-state index in [0.29, 0.717) is 35.1 Å². The van der Waals surface area contributed by atoms with Crippen LogP contribution in [0.3, 0.4) is 0 Å². The summed E-state index contributed by atoms with van der Waals surface area (Å²) in [6, 6.07) is 0. The van der Waals surface area contributed by atoms with Crippen molar-refractivity contribution in [3.05, 3.63) is 11.8 Å². The molecule has 27 heavy (non-hydrogen) atoms. The van der Waals surface area contributed by atoms with Crippen molar-refractivity contribution in [1.82, 2.24) is 10.8 Å². The predicted molar refractivity (Wildman–Crippen MR) is 106 cm³/mol. The smallest absolute Gasteiger partial charge is 0.139 e. The zero-order valence-electron chi connectivity index (χ0n) is 17.2. The minimum absolute atomic E-state index is 0.00798. The molecule has 0 radical (unpaired) electrons. The first-order chi connectivity index (χ1) is 12.9. The van der Waals surface area contributed by atoms with Crippen LogP contribution >= 0.6 is 0 Å². The van der Waals surface area contributed by atoms with Crippen molar-refractivity contribution < 1.29 is 9.63 Å². The van der Waals surface area contributed by atoms with Gasteiger partial charge in [-0.2, -0.15) is 0 Å². The molecule has 4 heteroatoms. The molecular weight excluding hydrogens is 336 g/mol. The summed E-state index contributed by atoms with van der Waals surface area (Å²) < 4.78 is 0. The summed E-state index contributed by atoms with van der Waals surface area (Å²) in [6.45, 7) is 9.23. The molecule has 4 aliphatic carbocycles. The fourth-order valence-corrected chi connectivity index (χ4v) is 7.68. The van der Waals surface area contributed by atoms with E-state index in [9.17, 15) is 4.79 Å². The Morgan fingerprint density at radius 3 is 2.70 bits per heavy atom. The highest BCUT2D eigenvalue weighted by molar-refractivity contribution is 5.87. The van der Waals surface area contributed by atoms with Crippen LogP contribution in [0.25, 0.3) is 0 Å². The Morgan fingerprint density at radius 1 is 1.15 bits per heavy atom. The number of hydroxylamine groups is 1. The molecule has 0 amide bonds. The van der Waals surface area contributed by atoms with Gasteiger partial charge in [0.1, 0.15) is 11.9 Å². The summed E-state index contributed by atoms with van der Waals surface area (Å²) in [7, 11) is 0. The highest BCUT2D eigenvalue weighted by Gasteiger charge is 2.60.